The molecule has 1 N–H and O–H groups in total. The first-order valence-electron chi connectivity index (χ1n) is 6.21. The SMILES string of the molecule is CNC(COC)Cc1nc(CSCC(C)C)no1. The van der Waals surface area contributed by atoms with Crippen LogP contribution in [0.1, 0.15) is 25.6 Å². The Hall–Kier alpha value is -0.590. The third-order valence-corrected chi connectivity index (χ3v) is 3.75. The molecule has 5 nitrogen and oxygen atoms in total. The minimum atomic E-state index is 0.214. The van der Waals surface area contributed by atoms with Crippen LogP contribution in [0.25, 0.3) is 0 Å². The number of nitrogens with zero attached hydrogens (tertiary/aromatic N) is 2. The van der Waals surface area contributed by atoms with Crippen LogP contribution in [0.3, 0.4) is 0 Å². The van der Waals surface area contributed by atoms with Gasteiger partial charge < -0.3 is 14.6 Å². The van der Waals surface area contributed by atoms with Crippen LogP contribution in [0.2, 0.25) is 0 Å². The fourth-order valence-electron chi connectivity index (χ4n) is 1.47. The molecule has 0 aliphatic rings. The lowest BCUT2D eigenvalue weighted by Crippen LogP contribution is -2.32. The highest BCUT2D eigenvalue weighted by Gasteiger charge is 2.13. The molecule has 0 aliphatic heterocycles. The molecule has 0 fully saturated rings. The van der Waals surface area contributed by atoms with Gasteiger partial charge in [-0.15, -0.1) is 0 Å². The maximum Gasteiger partial charge on any atom is 0.228 e. The molecule has 18 heavy (non-hydrogen) atoms. The van der Waals surface area contributed by atoms with Crippen LogP contribution >= 0.6 is 11.8 Å². The van der Waals surface area contributed by atoms with E-state index in [-0.39, 0.29) is 6.04 Å². The minimum Gasteiger partial charge on any atom is -0.383 e. The molecular formula is C12H23N3O2S. The molecule has 0 saturated heterocycles. The smallest absolute Gasteiger partial charge is 0.228 e. The molecule has 1 aromatic heterocycles. The second kappa shape index (κ2) is 8.50. The zero-order chi connectivity index (χ0) is 13.4. The molecule has 0 aromatic carbocycles. The van der Waals surface area contributed by atoms with Crippen molar-refractivity contribution in [3.05, 3.63) is 11.7 Å². The van der Waals surface area contributed by atoms with Crippen LogP contribution in [0, 0.1) is 5.92 Å². The topological polar surface area (TPSA) is 60.2 Å². The fourth-order valence-corrected chi connectivity index (χ4v) is 2.36. The molecule has 6 heteroatoms. The molecule has 1 rings (SSSR count). The van der Waals surface area contributed by atoms with E-state index in [1.54, 1.807) is 7.11 Å². The molecule has 0 bridgehead atoms. The van der Waals surface area contributed by atoms with Gasteiger partial charge in [-0.2, -0.15) is 16.7 Å². The van der Waals surface area contributed by atoms with Crippen LogP contribution in [0.5, 0.6) is 0 Å². The number of hydrogen-bond acceptors (Lipinski definition) is 6. The highest BCUT2D eigenvalue weighted by Crippen LogP contribution is 2.13. The van der Waals surface area contributed by atoms with E-state index >= 15 is 0 Å². The molecule has 0 saturated carbocycles. The Morgan fingerprint density at radius 3 is 2.83 bits per heavy atom. The standard InChI is InChI=1S/C12H23N3O2S/c1-9(2)7-18-8-11-14-12(17-15-11)5-10(13-3)6-16-4/h9-10,13H,5-8H2,1-4H3. The molecule has 0 radical (unpaired) electrons. The van der Waals surface area contributed by atoms with Crippen LogP contribution in [0.15, 0.2) is 4.52 Å². The first-order chi connectivity index (χ1) is 8.65. The molecule has 104 valence electrons. The Kier molecular flexibility index (Phi) is 7.31. The van der Waals surface area contributed by atoms with E-state index < -0.39 is 0 Å². The van der Waals surface area contributed by atoms with Gasteiger partial charge in [0.2, 0.25) is 5.89 Å². The number of thioether (sulfide) groups is 1. The zero-order valence-electron chi connectivity index (χ0n) is 11.6. The van der Waals surface area contributed by atoms with Gasteiger partial charge in [-0.05, 0) is 18.7 Å². The van der Waals surface area contributed by atoms with E-state index in [0.29, 0.717) is 24.8 Å². The highest BCUT2D eigenvalue weighted by atomic mass is 32.2. The minimum absolute atomic E-state index is 0.214. The molecular weight excluding hydrogens is 250 g/mol. The molecule has 0 amide bonds. The van der Waals surface area contributed by atoms with Gasteiger partial charge in [-0.1, -0.05) is 19.0 Å². The van der Waals surface area contributed by atoms with Crippen molar-refractivity contribution in [2.24, 2.45) is 5.92 Å². The van der Waals surface area contributed by atoms with Gasteiger partial charge in [0, 0.05) is 19.6 Å². The van der Waals surface area contributed by atoms with Gasteiger partial charge in [0.1, 0.15) is 0 Å². The summed E-state index contributed by atoms with van der Waals surface area (Å²) in [5.74, 6) is 4.08. The molecule has 0 aliphatic carbocycles. The molecule has 1 heterocycles. The van der Waals surface area contributed by atoms with Gasteiger partial charge in [-0.3, -0.25) is 0 Å². The number of methoxy groups -OCH3 is 1. The van der Waals surface area contributed by atoms with Crippen LogP contribution < -0.4 is 5.32 Å². The lowest BCUT2D eigenvalue weighted by atomic mass is 10.2. The zero-order valence-corrected chi connectivity index (χ0v) is 12.4. The number of hydrogen-bond donors (Lipinski definition) is 1. The Morgan fingerprint density at radius 2 is 2.22 bits per heavy atom. The van der Waals surface area contributed by atoms with E-state index in [2.05, 4.69) is 29.3 Å². The number of rotatable bonds is 9. The van der Waals surface area contributed by atoms with Crippen molar-refractivity contribution >= 4 is 11.8 Å². The number of aromatic nitrogens is 2. The lowest BCUT2D eigenvalue weighted by Gasteiger charge is -2.11. The normalized spacial score (nSPS) is 13.2. The Balaban J connectivity index is 2.37. The maximum atomic E-state index is 5.23. The van der Waals surface area contributed by atoms with Gasteiger partial charge >= 0.3 is 0 Å². The van der Waals surface area contributed by atoms with Gasteiger partial charge in [0.15, 0.2) is 5.82 Å². The predicted molar refractivity (Wildman–Crippen MR) is 73.7 cm³/mol. The molecule has 0 spiro atoms. The van der Waals surface area contributed by atoms with Crippen LogP contribution in [-0.4, -0.2) is 42.7 Å². The van der Waals surface area contributed by atoms with Crippen molar-refractivity contribution in [2.45, 2.75) is 32.1 Å². The largest absolute Gasteiger partial charge is 0.383 e. The third-order valence-electron chi connectivity index (χ3n) is 2.39. The summed E-state index contributed by atoms with van der Waals surface area (Å²) in [7, 11) is 3.59. The third kappa shape index (κ3) is 5.84. The number of likely N-dealkylation sites (N-methyl/N-ethyl adjacent to an activating group) is 1. The first-order valence-corrected chi connectivity index (χ1v) is 7.36. The first kappa shape index (κ1) is 15.5. The summed E-state index contributed by atoms with van der Waals surface area (Å²) in [6.07, 6.45) is 0.701. The Morgan fingerprint density at radius 1 is 1.44 bits per heavy atom. The van der Waals surface area contributed by atoms with Crippen LogP contribution in [0.4, 0.5) is 0 Å². The van der Waals surface area contributed by atoms with Crippen molar-refractivity contribution in [1.82, 2.24) is 15.5 Å². The van der Waals surface area contributed by atoms with E-state index in [0.717, 1.165) is 17.3 Å². The van der Waals surface area contributed by atoms with Crippen molar-refractivity contribution in [3.8, 4) is 0 Å². The lowest BCUT2D eigenvalue weighted by molar-refractivity contribution is 0.165. The van der Waals surface area contributed by atoms with Gasteiger partial charge in [0.25, 0.3) is 0 Å². The molecule has 1 unspecified atom stereocenters. The summed E-state index contributed by atoms with van der Waals surface area (Å²) in [6.45, 7) is 5.05. The van der Waals surface area contributed by atoms with E-state index in [1.165, 1.54) is 0 Å². The fraction of sp³-hybridized carbons (Fsp3) is 0.833. The van der Waals surface area contributed by atoms with Crippen molar-refractivity contribution in [1.29, 1.82) is 0 Å². The summed E-state index contributed by atoms with van der Waals surface area (Å²) in [6, 6.07) is 0.214. The summed E-state index contributed by atoms with van der Waals surface area (Å²) in [5.41, 5.74) is 0. The van der Waals surface area contributed by atoms with Crippen molar-refractivity contribution in [3.63, 3.8) is 0 Å². The Labute approximate surface area is 113 Å². The second-order valence-corrected chi connectivity index (χ2v) is 5.69. The molecule has 1 atom stereocenters. The maximum absolute atomic E-state index is 5.23. The van der Waals surface area contributed by atoms with Crippen LogP contribution in [-0.2, 0) is 16.9 Å². The predicted octanol–water partition coefficient (Wildman–Crippen LogP) is 1.74. The summed E-state index contributed by atoms with van der Waals surface area (Å²) in [5, 5.41) is 7.15. The molecule has 1 aromatic rings. The number of nitrogens with one attached hydrogen (secondary N) is 1. The Bertz CT molecular complexity index is 331. The van der Waals surface area contributed by atoms with E-state index in [4.69, 9.17) is 9.26 Å². The van der Waals surface area contributed by atoms with E-state index in [9.17, 15) is 0 Å². The summed E-state index contributed by atoms with van der Waals surface area (Å²) < 4.78 is 10.3. The summed E-state index contributed by atoms with van der Waals surface area (Å²) in [4.78, 5) is 4.38. The van der Waals surface area contributed by atoms with Gasteiger partial charge in [0.05, 0.1) is 12.4 Å². The van der Waals surface area contributed by atoms with Crippen molar-refractivity contribution < 1.29 is 9.26 Å². The summed E-state index contributed by atoms with van der Waals surface area (Å²) >= 11 is 1.84. The van der Waals surface area contributed by atoms with Crippen molar-refractivity contribution in [2.75, 3.05) is 26.5 Å². The highest BCUT2D eigenvalue weighted by molar-refractivity contribution is 7.98. The van der Waals surface area contributed by atoms with E-state index in [1.807, 2.05) is 18.8 Å². The average Bonchev–Trinajstić information content (AvgIpc) is 2.76. The second-order valence-electron chi connectivity index (χ2n) is 4.66. The quantitative estimate of drug-likeness (QED) is 0.739. The monoisotopic (exact) mass is 273 g/mol. The van der Waals surface area contributed by atoms with Gasteiger partial charge in [-0.25, -0.2) is 0 Å². The number of ether oxygens (including phenoxy) is 1. The average molecular weight is 273 g/mol.